The number of nitrogens with one attached hydrogen (secondary N) is 3. The molecule has 0 spiro atoms. The molecule has 0 aromatic heterocycles. The summed E-state index contributed by atoms with van der Waals surface area (Å²) in [5.41, 5.74) is 7.91. The number of anilines is 1. The number of hydrogen-bond acceptors (Lipinski definition) is 4. The summed E-state index contributed by atoms with van der Waals surface area (Å²) in [5.74, 6) is 0.441. The van der Waals surface area contributed by atoms with E-state index < -0.39 is 0 Å². The molecule has 6 nitrogen and oxygen atoms in total. The van der Waals surface area contributed by atoms with E-state index in [1.807, 2.05) is 43.0 Å². The third kappa shape index (κ3) is 5.05. The molecule has 3 N–H and O–H groups in total. The van der Waals surface area contributed by atoms with Crippen LogP contribution in [0.15, 0.2) is 24.3 Å². The number of hydrazine groups is 1. The van der Waals surface area contributed by atoms with Gasteiger partial charge in [-0.2, -0.15) is 0 Å². The van der Waals surface area contributed by atoms with Crippen molar-refractivity contribution in [1.29, 1.82) is 0 Å². The number of hydrogen-bond donors (Lipinski definition) is 3. The van der Waals surface area contributed by atoms with Crippen molar-refractivity contribution in [1.82, 2.24) is 15.8 Å². The number of likely N-dealkylation sites (N-methyl/N-ethyl adjacent to an activating group) is 1. The van der Waals surface area contributed by atoms with Crippen molar-refractivity contribution >= 4 is 33.4 Å². The zero-order valence-corrected chi connectivity index (χ0v) is 17.5. The Morgan fingerprint density at radius 2 is 1.77 bits per heavy atom. The second-order valence-corrected chi connectivity index (χ2v) is 7.97. The second kappa shape index (κ2) is 9.48. The molecule has 0 aliphatic carbocycles. The zero-order valence-electron chi connectivity index (χ0n) is 15.9. The second-order valence-electron chi connectivity index (χ2n) is 6.91. The summed E-state index contributed by atoms with van der Waals surface area (Å²) in [6.07, 6.45) is 0.379. The molecule has 2 rings (SSSR count). The van der Waals surface area contributed by atoms with Crippen LogP contribution in [0.5, 0.6) is 0 Å². The minimum Gasteiger partial charge on any atom is -0.343 e. The Balaban J connectivity index is 1.93. The minimum atomic E-state index is -0.341. The molecule has 1 aromatic rings. The quantitative estimate of drug-likeness (QED) is 0.587. The predicted molar refractivity (Wildman–Crippen MR) is 108 cm³/mol. The van der Waals surface area contributed by atoms with Crippen molar-refractivity contribution < 1.29 is 9.59 Å². The Morgan fingerprint density at radius 3 is 2.27 bits per heavy atom. The number of alkyl halides is 1. The summed E-state index contributed by atoms with van der Waals surface area (Å²) in [7, 11) is 0. The molecular formula is C19H29BrN4O2. The van der Waals surface area contributed by atoms with Gasteiger partial charge >= 0.3 is 0 Å². The Labute approximate surface area is 164 Å². The molecule has 1 fully saturated rings. The van der Waals surface area contributed by atoms with E-state index in [0.717, 1.165) is 24.3 Å². The van der Waals surface area contributed by atoms with Crippen molar-refractivity contribution in [2.24, 2.45) is 5.92 Å². The fourth-order valence-electron chi connectivity index (χ4n) is 3.09. The Bertz CT molecular complexity index is 616. The molecule has 1 aliphatic heterocycles. The molecular weight excluding hydrogens is 396 g/mol. The number of carbonyl (C=O) groups is 2. The Kier molecular flexibility index (Phi) is 7.61. The van der Waals surface area contributed by atoms with E-state index in [4.69, 9.17) is 0 Å². The summed E-state index contributed by atoms with van der Waals surface area (Å²) in [6, 6.07) is 7.31. The highest BCUT2D eigenvalue weighted by Gasteiger charge is 2.39. The first-order valence-corrected chi connectivity index (χ1v) is 10.1. The van der Waals surface area contributed by atoms with E-state index in [0.29, 0.717) is 12.3 Å². The standard InChI is InChI=1S/C19H29BrN4O2/c1-5-24(6-2)15(25)11-13-7-9-14(10-8-13)21-19(26)18-16(20)17(12(3)4)22-23-18/h7-10,12,16-18,22-23H,5-6,11H2,1-4H3,(H,21,26). The van der Waals surface area contributed by atoms with Crippen LogP contribution in [0.4, 0.5) is 5.69 Å². The molecule has 1 heterocycles. The SMILES string of the molecule is CCN(CC)C(=O)Cc1ccc(NC(=O)C2NNC(C(C)C)C2Br)cc1. The Morgan fingerprint density at radius 1 is 1.15 bits per heavy atom. The predicted octanol–water partition coefficient (Wildman–Crippen LogP) is 2.30. The molecule has 0 bridgehead atoms. The van der Waals surface area contributed by atoms with Gasteiger partial charge in [0, 0.05) is 24.8 Å². The highest BCUT2D eigenvalue weighted by molar-refractivity contribution is 9.09. The lowest BCUT2D eigenvalue weighted by atomic mass is 9.99. The smallest absolute Gasteiger partial charge is 0.244 e. The topological polar surface area (TPSA) is 73.5 Å². The number of nitrogens with zero attached hydrogens (tertiary/aromatic N) is 1. The molecule has 1 saturated heterocycles. The number of rotatable bonds is 7. The van der Waals surface area contributed by atoms with Gasteiger partial charge in [-0.3, -0.25) is 15.0 Å². The fourth-order valence-corrected chi connectivity index (χ4v) is 4.20. The fraction of sp³-hybridized carbons (Fsp3) is 0.579. The van der Waals surface area contributed by atoms with Crippen LogP contribution in [0, 0.1) is 5.92 Å². The third-order valence-corrected chi connectivity index (χ3v) is 5.86. The molecule has 1 aromatic carbocycles. The monoisotopic (exact) mass is 424 g/mol. The summed E-state index contributed by atoms with van der Waals surface area (Å²) in [5, 5.41) is 2.93. The van der Waals surface area contributed by atoms with Crippen LogP contribution in [0.3, 0.4) is 0 Å². The van der Waals surface area contributed by atoms with E-state index >= 15 is 0 Å². The summed E-state index contributed by atoms with van der Waals surface area (Å²) < 4.78 is 0. The van der Waals surface area contributed by atoms with Gasteiger partial charge < -0.3 is 10.2 Å². The lowest BCUT2D eigenvalue weighted by Crippen LogP contribution is -2.42. The van der Waals surface area contributed by atoms with Crippen LogP contribution in [0.2, 0.25) is 0 Å². The van der Waals surface area contributed by atoms with Crippen LogP contribution < -0.4 is 16.2 Å². The maximum Gasteiger partial charge on any atom is 0.244 e. The summed E-state index contributed by atoms with van der Waals surface area (Å²) in [6.45, 7) is 9.63. The lowest BCUT2D eigenvalue weighted by Gasteiger charge is -2.19. The van der Waals surface area contributed by atoms with Gasteiger partial charge in [0.05, 0.1) is 11.2 Å². The van der Waals surface area contributed by atoms with E-state index in [1.165, 1.54) is 0 Å². The normalized spacial score (nSPS) is 22.5. The van der Waals surface area contributed by atoms with E-state index in [-0.39, 0.29) is 28.7 Å². The van der Waals surface area contributed by atoms with Gasteiger partial charge in [0.15, 0.2) is 0 Å². The molecule has 1 aliphatic rings. The van der Waals surface area contributed by atoms with Crippen molar-refractivity contribution in [2.45, 2.75) is 51.0 Å². The molecule has 0 radical (unpaired) electrons. The van der Waals surface area contributed by atoms with Crippen molar-refractivity contribution in [2.75, 3.05) is 18.4 Å². The van der Waals surface area contributed by atoms with Crippen LogP contribution in [0.25, 0.3) is 0 Å². The van der Waals surface area contributed by atoms with Crippen molar-refractivity contribution in [3.8, 4) is 0 Å². The number of amides is 2. The lowest BCUT2D eigenvalue weighted by molar-refractivity contribution is -0.130. The van der Waals surface area contributed by atoms with E-state index in [9.17, 15) is 9.59 Å². The van der Waals surface area contributed by atoms with Gasteiger partial charge in [0.2, 0.25) is 11.8 Å². The van der Waals surface area contributed by atoms with Crippen molar-refractivity contribution in [3.05, 3.63) is 29.8 Å². The third-order valence-electron chi connectivity index (χ3n) is 4.76. The molecule has 3 unspecified atom stereocenters. The largest absolute Gasteiger partial charge is 0.343 e. The van der Waals surface area contributed by atoms with E-state index in [1.54, 1.807) is 0 Å². The average molecular weight is 425 g/mol. The van der Waals surface area contributed by atoms with Crippen LogP contribution in [0.1, 0.15) is 33.3 Å². The number of halogens is 1. The number of carbonyl (C=O) groups excluding carboxylic acids is 2. The summed E-state index contributed by atoms with van der Waals surface area (Å²) >= 11 is 3.62. The molecule has 7 heteroatoms. The highest BCUT2D eigenvalue weighted by Crippen LogP contribution is 2.22. The number of benzene rings is 1. The van der Waals surface area contributed by atoms with Gasteiger partial charge in [-0.05, 0) is 37.5 Å². The van der Waals surface area contributed by atoms with Crippen molar-refractivity contribution in [3.63, 3.8) is 0 Å². The van der Waals surface area contributed by atoms with Crippen LogP contribution >= 0.6 is 15.9 Å². The first kappa shape index (κ1) is 20.9. The molecule has 2 amide bonds. The first-order valence-electron chi connectivity index (χ1n) is 9.20. The highest BCUT2D eigenvalue weighted by atomic mass is 79.9. The average Bonchev–Trinajstić information content (AvgIpc) is 2.99. The van der Waals surface area contributed by atoms with Gasteiger partial charge in [-0.25, -0.2) is 5.43 Å². The summed E-state index contributed by atoms with van der Waals surface area (Å²) in [4.78, 5) is 26.5. The maximum absolute atomic E-state index is 12.5. The maximum atomic E-state index is 12.5. The molecule has 144 valence electrons. The molecule has 3 atom stereocenters. The van der Waals surface area contributed by atoms with Gasteiger partial charge in [-0.15, -0.1) is 0 Å². The minimum absolute atomic E-state index is 0.0217. The van der Waals surface area contributed by atoms with Crippen LogP contribution in [-0.4, -0.2) is 46.7 Å². The zero-order chi connectivity index (χ0) is 19.3. The van der Waals surface area contributed by atoms with Gasteiger partial charge in [0.25, 0.3) is 0 Å². The van der Waals surface area contributed by atoms with E-state index in [2.05, 4.69) is 45.9 Å². The van der Waals surface area contributed by atoms with Gasteiger partial charge in [0.1, 0.15) is 6.04 Å². The van der Waals surface area contributed by atoms with Gasteiger partial charge in [-0.1, -0.05) is 41.9 Å². The molecule has 0 saturated carbocycles. The first-order chi connectivity index (χ1) is 12.4. The molecule has 26 heavy (non-hydrogen) atoms. The Hall–Kier alpha value is -1.44. The van der Waals surface area contributed by atoms with Crippen LogP contribution in [-0.2, 0) is 16.0 Å².